The Bertz CT molecular complexity index is 386. The van der Waals surface area contributed by atoms with Gasteiger partial charge in [0.1, 0.15) is 5.82 Å². The van der Waals surface area contributed by atoms with Gasteiger partial charge in [0.05, 0.1) is 5.56 Å². The van der Waals surface area contributed by atoms with Gasteiger partial charge < -0.3 is 11.1 Å². The minimum absolute atomic E-state index is 0.169. The molecule has 0 fully saturated rings. The summed E-state index contributed by atoms with van der Waals surface area (Å²) in [5.41, 5.74) is 4.47. The van der Waals surface area contributed by atoms with Crippen molar-refractivity contribution in [2.24, 2.45) is 5.73 Å². The number of halogens is 3. The molecule has 0 amide bonds. The van der Waals surface area contributed by atoms with Gasteiger partial charge in [0.25, 0.3) is 0 Å². The molecule has 1 rings (SSSR count). The molecule has 0 radical (unpaired) electrons. The van der Waals surface area contributed by atoms with Gasteiger partial charge in [-0.25, -0.2) is 4.98 Å². The lowest BCUT2D eigenvalue weighted by molar-refractivity contribution is -0.137. The molecule has 1 aromatic heterocycles. The molecule has 0 saturated carbocycles. The highest BCUT2D eigenvalue weighted by atomic mass is 19.4. The van der Waals surface area contributed by atoms with Gasteiger partial charge in [-0.3, -0.25) is 0 Å². The van der Waals surface area contributed by atoms with E-state index in [1.165, 1.54) is 0 Å². The van der Waals surface area contributed by atoms with E-state index in [2.05, 4.69) is 10.3 Å². The van der Waals surface area contributed by atoms with E-state index in [1.807, 2.05) is 0 Å². The van der Waals surface area contributed by atoms with Gasteiger partial charge in [-0.15, -0.1) is 0 Å². The van der Waals surface area contributed by atoms with Crippen LogP contribution in [0.3, 0.4) is 0 Å². The van der Waals surface area contributed by atoms with Crippen LogP contribution in [0.15, 0.2) is 18.3 Å². The average molecular weight is 247 g/mol. The predicted octanol–water partition coefficient (Wildman–Crippen LogP) is 2.64. The van der Waals surface area contributed by atoms with Crippen LogP contribution in [0, 0.1) is 0 Å². The van der Waals surface area contributed by atoms with E-state index in [4.69, 9.17) is 5.73 Å². The predicted molar refractivity (Wildman–Crippen MR) is 60.6 cm³/mol. The average Bonchev–Trinajstić information content (AvgIpc) is 2.15. The van der Waals surface area contributed by atoms with Crippen molar-refractivity contribution in [3.8, 4) is 0 Å². The Labute approximate surface area is 98.2 Å². The van der Waals surface area contributed by atoms with Crippen molar-refractivity contribution < 1.29 is 13.2 Å². The molecule has 0 aliphatic carbocycles. The zero-order chi connectivity index (χ0) is 13.3. The van der Waals surface area contributed by atoms with Gasteiger partial charge in [-0.2, -0.15) is 13.2 Å². The number of hydrogen-bond donors (Lipinski definition) is 2. The summed E-state index contributed by atoms with van der Waals surface area (Å²) in [6.45, 7) is 5.39. The van der Waals surface area contributed by atoms with E-state index in [9.17, 15) is 13.2 Å². The van der Waals surface area contributed by atoms with Crippen LogP contribution in [-0.4, -0.2) is 16.6 Å². The fourth-order valence-corrected chi connectivity index (χ4v) is 1.12. The number of aromatic nitrogens is 1. The number of nitrogens with two attached hydrogens (primary N) is 1. The maximum absolute atomic E-state index is 12.5. The molecule has 1 atom stereocenters. The quantitative estimate of drug-likeness (QED) is 0.863. The summed E-state index contributed by atoms with van der Waals surface area (Å²) in [4.78, 5) is 3.85. The molecule has 0 bridgehead atoms. The third-order valence-corrected chi connectivity index (χ3v) is 2.68. The lowest BCUT2D eigenvalue weighted by Gasteiger charge is -2.31. The molecule has 3 N–H and O–H groups in total. The van der Waals surface area contributed by atoms with E-state index in [-0.39, 0.29) is 11.9 Å². The first-order valence-electron chi connectivity index (χ1n) is 5.20. The van der Waals surface area contributed by atoms with Crippen LogP contribution in [0.4, 0.5) is 19.0 Å². The van der Waals surface area contributed by atoms with Crippen LogP contribution in [0.2, 0.25) is 0 Å². The molecule has 1 aromatic rings. The van der Waals surface area contributed by atoms with Crippen molar-refractivity contribution in [3.63, 3.8) is 0 Å². The normalized spacial score (nSPS) is 14.5. The van der Waals surface area contributed by atoms with Crippen molar-refractivity contribution in [2.75, 3.05) is 5.32 Å². The van der Waals surface area contributed by atoms with Gasteiger partial charge in [0.2, 0.25) is 0 Å². The highest BCUT2D eigenvalue weighted by Gasteiger charge is 2.31. The van der Waals surface area contributed by atoms with Crippen LogP contribution in [0.1, 0.15) is 26.3 Å². The van der Waals surface area contributed by atoms with Crippen LogP contribution in [-0.2, 0) is 6.18 Å². The number of hydrogen-bond acceptors (Lipinski definition) is 3. The number of pyridine rings is 1. The van der Waals surface area contributed by atoms with Gasteiger partial charge in [0.15, 0.2) is 0 Å². The standard InChI is InChI=1S/C11H16F3N3/c1-7(15)10(2,3)17-9-6-8(4-5-16-9)11(12,13)14/h4-7H,15H2,1-3H3,(H,16,17). The molecule has 17 heavy (non-hydrogen) atoms. The zero-order valence-electron chi connectivity index (χ0n) is 9.97. The van der Waals surface area contributed by atoms with E-state index >= 15 is 0 Å². The van der Waals surface area contributed by atoms with Crippen LogP contribution in [0.5, 0.6) is 0 Å². The Morgan fingerprint density at radius 3 is 2.41 bits per heavy atom. The summed E-state index contributed by atoms with van der Waals surface area (Å²) in [5, 5.41) is 2.89. The number of nitrogens with zero attached hydrogens (tertiary/aromatic N) is 1. The Balaban J connectivity index is 2.94. The molecule has 3 nitrogen and oxygen atoms in total. The first-order chi connectivity index (χ1) is 7.63. The zero-order valence-corrected chi connectivity index (χ0v) is 9.97. The van der Waals surface area contributed by atoms with E-state index in [0.717, 1.165) is 18.3 Å². The van der Waals surface area contributed by atoms with Crippen LogP contribution in [0.25, 0.3) is 0 Å². The third-order valence-electron chi connectivity index (χ3n) is 2.68. The summed E-state index contributed by atoms with van der Waals surface area (Å²) in [5.74, 6) is 0.169. The molecule has 1 unspecified atom stereocenters. The second-order valence-electron chi connectivity index (χ2n) is 4.56. The number of alkyl halides is 3. The lowest BCUT2D eigenvalue weighted by atomic mass is 9.97. The molecule has 1 heterocycles. The van der Waals surface area contributed by atoms with Crippen molar-refractivity contribution in [1.29, 1.82) is 0 Å². The van der Waals surface area contributed by atoms with E-state index in [0.29, 0.717) is 0 Å². The second kappa shape index (κ2) is 4.52. The molecule has 0 aliphatic rings. The molecular formula is C11H16F3N3. The Morgan fingerprint density at radius 1 is 1.35 bits per heavy atom. The summed E-state index contributed by atoms with van der Waals surface area (Å²) in [6.07, 6.45) is -3.24. The van der Waals surface area contributed by atoms with E-state index in [1.54, 1.807) is 20.8 Å². The number of anilines is 1. The van der Waals surface area contributed by atoms with Gasteiger partial charge in [-0.05, 0) is 32.9 Å². The largest absolute Gasteiger partial charge is 0.416 e. The third kappa shape index (κ3) is 3.59. The minimum Gasteiger partial charge on any atom is -0.364 e. The van der Waals surface area contributed by atoms with Gasteiger partial charge in [-0.1, -0.05) is 0 Å². The summed E-state index contributed by atoms with van der Waals surface area (Å²) < 4.78 is 37.4. The summed E-state index contributed by atoms with van der Waals surface area (Å²) >= 11 is 0. The van der Waals surface area contributed by atoms with Crippen molar-refractivity contribution >= 4 is 5.82 Å². The smallest absolute Gasteiger partial charge is 0.364 e. The monoisotopic (exact) mass is 247 g/mol. The van der Waals surface area contributed by atoms with Gasteiger partial charge >= 0.3 is 6.18 Å². The summed E-state index contributed by atoms with van der Waals surface area (Å²) in [7, 11) is 0. The summed E-state index contributed by atoms with van der Waals surface area (Å²) in [6, 6.07) is 1.69. The molecule has 6 heteroatoms. The highest BCUT2D eigenvalue weighted by Crippen LogP contribution is 2.30. The molecule has 0 aromatic carbocycles. The lowest BCUT2D eigenvalue weighted by Crippen LogP contribution is -2.47. The fraction of sp³-hybridized carbons (Fsp3) is 0.545. The van der Waals surface area contributed by atoms with Crippen LogP contribution < -0.4 is 11.1 Å². The number of rotatable bonds is 3. The highest BCUT2D eigenvalue weighted by molar-refractivity contribution is 5.41. The topological polar surface area (TPSA) is 50.9 Å². The maximum atomic E-state index is 12.5. The second-order valence-corrected chi connectivity index (χ2v) is 4.56. The van der Waals surface area contributed by atoms with E-state index < -0.39 is 17.3 Å². The maximum Gasteiger partial charge on any atom is 0.416 e. The first kappa shape index (κ1) is 13.8. The number of nitrogens with one attached hydrogen (secondary N) is 1. The Hall–Kier alpha value is -1.30. The van der Waals surface area contributed by atoms with Crippen molar-refractivity contribution in [1.82, 2.24) is 4.98 Å². The molecular weight excluding hydrogens is 231 g/mol. The first-order valence-corrected chi connectivity index (χ1v) is 5.20. The molecule has 0 spiro atoms. The Kier molecular flexibility index (Phi) is 3.66. The molecule has 0 aliphatic heterocycles. The van der Waals surface area contributed by atoms with Gasteiger partial charge in [0, 0.05) is 17.8 Å². The van der Waals surface area contributed by atoms with Crippen molar-refractivity contribution in [2.45, 2.75) is 38.5 Å². The molecule has 0 saturated heterocycles. The molecule has 96 valence electrons. The van der Waals surface area contributed by atoms with Crippen molar-refractivity contribution in [3.05, 3.63) is 23.9 Å². The van der Waals surface area contributed by atoms with Crippen LogP contribution >= 0.6 is 0 Å². The SMILES string of the molecule is CC(N)C(C)(C)Nc1cc(C(F)(F)F)ccn1. The Morgan fingerprint density at radius 2 is 1.94 bits per heavy atom. The fourth-order valence-electron chi connectivity index (χ4n) is 1.12. The minimum atomic E-state index is -4.36.